The van der Waals surface area contributed by atoms with Crippen molar-refractivity contribution in [1.29, 1.82) is 0 Å². The minimum atomic E-state index is -0.0203. The van der Waals surface area contributed by atoms with Gasteiger partial charge in [-0.25, -0.2) is 0 Å². The van der Waals surface area contributed by atoms with Gasteiger partial charge in [-0.3, -0.25) is 4.79 Å². The van der Waals surface area contributed by atoms with Crippen molar-refractivity contribution in [2.24, 2.45) is 0 Å². The van der Waals surface area contributed by atoms with Crippen LogP contribution in [0.15, 0.2) is 71.6 Å². The molecule has 0 aromatic heterocycles. The van der Waals surface area contributed by atoms with Crippen molar-refractivity contribution in [2.45, 2.75) is 4.90 Å². The third-order valence-corrected chi connectivity index (χ3v) is 4.56. The van der Waals surface area contributed by atoms with Gasteiger partial charge in [-0.15, -0.1) is 11.8 Å². The SMILES string of the molecule is COc1ccc(NC(=O)CSc2cccc3ccccc23)cc1. The van der Waals surface area contributed by atoms with E-state index in [9.17, 15) is 4.79 Å². The van der Waals surface area contributed by atoms with Crippen molar-refractivity contribution in [3.63, 3.8) is 0 Å². The summed E-state index contributed by atoms with van der Waals surface area (Å²) < 4.78 is 5.10. The van der Waals surface area contributed by atoms with Crippen LogP contribution in [0.25, 0.3) is 10.8 Å². The van der Waals surface area contributed by atoms with Gasteiger partial charge in [0.25, 0.3) is 0 Å². The third-order valence-electron chi connectivity index (χ3n) is 3.48. The summed E-state index contributed by atoms with van der Waals surface area (Å²) in [7, 11) is 1.62. The lowest BCUT2D eigenvalue weighted by Crippen LogP contribution is -2.13. The Morgan fingerprint density at radius 2 is 1.74 bits per heavy atom. The molecule has 0 saturated carbocycles. The highest BCUT2D eigenvalue weighted by molar-refractivity contribution is 8.00. The number of carbonyl (C=O) groups is 1. The molecule has 0 bridgehead atoms. The zero-order chi connectivity index (χ0) is 16.1. The molecule has 1 N–H and O–H groups in total. The number of anilines is 1. The molecule has 0 fully saturated rings. The van der Waals surface area contributed by atoms with Crippen LogP contribution in [-0.2, 0) is 4.79 Å². The monoisotopic (exact) mass is 323 g/mol. The molecular formula is C19H17NO2S. The molecule has 3 rings (SSSR count). The lowest BCUT2D eigenvalue weighted by atomic mass is 10.1. The number of benzene rings is 3. The van der Waals surface area contributed by atoms with E-state index < -0.39 is 0 Å². The van der Waals surface area contributed by atoms with Gasteiger partial charge in [0.1, 0.15) is 5.75 Å². The minimum Gasteiger partial charge on any atom is -0.497 e. The van der Waals surface area contributed by atoms with Crippen LogP contribution in [0.1, 0.15) is 0 Å². The fraction of sp³-hybridized carbons (Fsp3) is 0.105. The Balaban J connectivity index is 1.63. The fourth-order valence-electron chi connectivity index (χ4n) is 2.34. The fourth-order valence-corrected chi connectivity index (χ4v) is 3.21. The normalized spacial score (nSPS) is 10.5. The molecule has 0 aliphatic rings. The largest absolute Gasteiger partial charge is 0.497 e. The van der Waals surface area contributed by atoms with Crippen LogP contribution in [0, 0.1) is 0 Å². The third kappa shape index (κ3) is 3.85. The Labute approximate surface area is 139 Å². The summed E-state index contributed by atoms with van der Waals surface area (Å²) in [4.78, 5) is 13.2. The molecule has 116 valence electrons. The number of fused-ring (bicyclic) bond motifs is 1. The standard InChI is InChI=1S/C19H17NO2S/c1-22-16-11-9-15(10-12-16)20-19(21)13-23-18-8-4-6-14-5-2-3-7-17(14)18/h2-12H,13H2,1H3,(H,20,21). The van der Waals surface area contributed by atoms with Crippen LogP contribution in [0.3, 0.4) is 0 Å². The van der Waals surface area contributed by atoms with Crippen LogP contribution in [-0.4, -0.2) is 18.8 Å². The van der Waals surface area contributed by atoms with E-state index in [2.05, 4.69) is 23.5 Å². The summed E-state index contributed by atoms with van der Waals surface area (Å²) in [6, 6.07) is 21.7. The first kappa shape index (κ1) is 15.4. The zero-order valence-electron chi connectivity index (χ0n) is 12.8. The number of nitrogens with one attached hydrogen (secondary N) is 1. The summed E-state index contributed by atoms with van der Waals surface area (Å²) in [5.41, 5.74) is 0.773. The Morgan fingerprint density at radius 3 is 2.52 bits per heavy atom. The Bertz CT molecular complexity index is 810. The second-order valence-electron chi connectivity index (χ2n) is 5.04. The molecule has 3 nitrogen and oxygen atoms in total. The minimum absolute atomic E-state index is 0.0203. The highest BCUT2D eigenvalue weighted by atomic mass is 32.2. The van der Waals surface area contributed by atoms with E-state index in [0.717, 1.165) is 16.3 Å². The lowest BCUT2D eigenvalue weighted by Gasteiger charge is -2.08. The number of rotatable bonds is 5. The van der Waals surface area contributed by atoms with E-state index in [1.807, 2.05) is 48.5 Å². The van der Waals surface area contributed by atoms with Gasteiger partial charge in [0.05, 0.1) is 12.9 Å². The maximum absolute atomic E-state index is 12.1. The van der Waals surface area contributed by atoms with Crippen LogP contribution in [0.2, 0.25) is 0 Å². The van der Waals surface area contributed by atoms with Crippen LogP contribution in [0.4, 0.5) is 5.69 Å². The maximum Gasteiger partial charge on any atom is 0.234 e. The van der Waals surface area contributed by atoms with Crippen LogP contribution in [0.5, 0.6) is 5.75 Å². The van der Waals surface area contributed by atoms with E-state index >= 15 is 0 Å². The number of methoxy groups -OCH3 is 1. The molecule has 0 unspecified atom stereocenters. The number of hydrogen-bond donors (Lipinski definition) is 1. The first-order valence-electron chi connectivity index (χ1n) is 7.31. The second kappa shape index (κ2) is 7.20. The van der Waals surface area contributed by atoms with Gasteiger partial charge in [0.15, 0.2) is 0 Å². The smallest absolute Gasteiger partial charge is 0.234 e. The van der Waals surface area contributed by atoms with E-state index in [0.29, 0.717) is 5.75 Å². The molecule has 0 heterocycles. The van der Waals surface area contributed by atoms with E-state index in [1.54, 1.807) is 18.9 Å². The predicted molar refractivity (Wildman–Crippen MR) is 96.3 cm³/mol. The van der Waals surface area contributed by atoms with Gasteiger partial charge in [0.2, 0.25) is 5.91 Å². The summed E-state index contributed by atoms with van der Waals surface area (Å²) >= 11 is 1.55. The number of amides is 1. The quantitative estimate of drug-likeness (QED) is 0.699. The Hall–Kier alpha value is -2.46. The number of ether oxygens (including phenoxy) is 1. The van der Waals surface area contributed by atoms with Crippen molar-refractivity contribution in [3.8, 4) is 5.75 Å². The number of thioether (sulfide) groups is 1. The molecular weight excluding hydrogens is 306 g/mol. The molecule has 0 aliphatic heterocycles. The molecule has 1 amide bonds. The van der Waals surface area contributed by atoms with Gasteiger partial charge < -0.3 is 10.1 Å². The zero-order valence-corrected chi connectivity index (χ0v) is 13.6. The number of hydrogen-bond acceptors (Lipinski definition) is 3. The molecule has 0 spiro atoms. The summed E-state index contributed by atoms with van der Waals surface area (Å²) in [5, 5.41) is 5.26. The van der Waals surface area contributed by atoms with Gasteiger partial charge in [-0.2, -0.15) is 0 Å². The molecule has 4 heteroatoms. The highest BCUT2D eigenvalue weighted by Gasteiger charge is 2.06. The van der Waals surface area contributed by atoms with Gasteiger partial charge in [-0.05, 0) is 41.1 Å². The maximum atomic E-state index is 12.1. The summed E-state index contributed by atoms with van der Waals surface area (Å²) in [5.74, 6) is 1.13. The molecule has 0 aliphatic carbocycles. The van der Waals surface area contributed by atoms with Crippen molar-refractivity contribution >= 4 is 34.1 Å². The predicted octanol–water partition coefficient (Wildman–Crippen LogP) is 4.58. The molecule has 0 radical (unpaired) electrons. The summed E-state index contributed by atoms with van der Waals surface area (Å²) in [6.45, 7) is 0. The van der Waals surface area contributed by atoms with Crippen LogP contribution < -0.4 is 10.1 Å². The molecule has 3 aromatic rings. The molecule has 0 saturated heterocycles. The van der Waals surface area contributed by atoms with Crippen molar-refractivity contribution < 1.29 is 9.53 Å². The van der Waals surface area contributed by atoms with Gasteiger partial charge in [0, 0.05) is 10.6 Å². The first-order chi connectivity index (χ1) is 11.3. The summed E-state index contributed by atoms with van der Waals surface area (Å²) in [6.07, 6.45) is 0. The molecule has 23 heavy (non-hydrogen) atoms. The average Bonchev–Trinajstić information content (AvgIpc) is 2.60. The first-order valence-corrected chi connectivity index (χ1v) is 8.29. The van der Waals surface area contributed by atoms with Gasteiger partial charge in [-0.1, -0.05) is 36.4 Å². The average molecular weight is 323 g/mol. The van der Waals surface area contributed by atoms with Crippen molar-refractivity contribution in [1.82, 2.24) is 0 Å². The topological polar surface area (TPSA) is 38.3 Å². The van der Waals surface area contributed by atoms with E-state index in [1.165, 1.54) is 10.8 Å². The number of carbonyl (C=O) groups excluding carboxylic acids is 1. The highest BCUT2D eigenvalue weighted by Crippen LogP contribution is 2.27. The molecule has 0 atom stereocenters. The van der Waals surface area contributed by atoms with Crippen molar-refractivity contribution in [3.05, 3.63) is 66.7 Å². The second-order valence-corrected chi connectivity index (χ2v) is 6.06. The van der Waals surface area contributed by atoms with Gasteiger partial charge >= 0.3 is 0 Å². The lowest BCUT2D eigenvalue weighted by molar-refractivity contribution is -0.113. The Kier molecular flexibility index (Phi) is 4.83. The molecule has 3 aromatic carbocycles. The van der Waals surface area contributed by atoms with E-state index in [4.69, 9.17) is 4.74 Å². The van der Waals surface area contributed by atoms with Crippen molar-refractivity contribution in [2.75, 3.05) is 18.2 Å². The van der Waals surface area contributed by atoms with Crippen LogP contribution >= 0.6 is 11.8 Å². The van der Waals surface area contributed by atoms with E-state index in [-0.39, 0.29) is 5.91 Å². The Morgan fingerprint density at radius 1 is 1.00 bits per heavy atom.